The fourth-order valence-electron chi connectivity index (χ4n) is 4.13. The Morgan fingerprint density at radius 3 is 2.67 bits per heavy atom. The number of carbonyl (C=O) groups is 2. The van der Waals surface area contributed by atoms with Crippen molar-refractivity contribution in [2.45, 2.75) is 37.7 Å². The average Bonchev–Trinajstić information content (AvgIpc) is 3.53. The minimum Gasteiger partial charge on any atom is -0.392 e. The van der Waals surface area contributed by atoms with E-state index in [4.69, 9.17) is 9.57 Å². The summed E-state index contributed by atoms with van der Waals surface area (Å²) < 4.78 is 5.30. The summed E-state index contributed by atoms with van der Waals surface area (Å²) in [6.07, 6.45) is 3.65. The fourth-order valence-corrected chi connectivity index (χ4v) is 4.13. The van der Waals surface area contributed by atoms with E-state index in [0.29, 0.717) is 56.3 Å². The van der Waals surface area contributed by atoms with Crippen LogP contribution in [0.5, 0.6) is 0 Å². The second kappa shape index (κ2) is 7.63. The average molecular weight is 407 g/mol. The molecule has 5 rings (SSSR count). The Hall–Kier alpha value is -3.09. The zero-order chi connectivity index (χ0) is 20.6. The van der Waals surface area contributed by atoms with Gasteiger partial charge in [0.25, 0.3) is 5.91 Å². The van der Waals surface area contributed by atoms with E-state index in [2.05, 4.69) is 10.5 Å². The van der Waals surface area contributed by atoms with Gasteiger partial charge in [-0.25, -0.2) is 4.79 Å². The zero-order valence-corrected chi connectivity index (χ0v) is 16.8. The maximum Gasteiger partial charge on any atom is 0.413 e. The lowest BCUT2D eigenvalue weighted by atomic mass is 9.88. The monoisotopic (exact) mass is 407 g/mol. The highest BCUT2D eigenvalue weighted by molar-refractivity contribution is 5.98. The van der Waals surface area contributed by atoms with E-state index in [-0.39, 0.29) is 5.91 Å². The molecule has 7 heteroatoms. The lowest BCUT2D eigenvalue weighted by Gasteiger charge is -2.37. The summed E-state index contributed by atoms with van der Waals surface area (Å²) in [7, 11) is 0. The van der Waals surface area contributed by atoms with Gasteiger partial charge < -0.3 is 19.8 Å². The summed E-state index contributed by atoms with van der Waals surface area (Å²) in [5, 5.41) is 8.94. The number of nitrogens with one attached hydrogen (secondary N) is 1. The topological polar surface area (TPSA) is 80.2 Å². The molecule has 3 aliphatic rings. The van der Waals surface area contributed by atoms with Gasteiger partial charge in [-0.3, -0.25) is 4.79 Å². The predicted octanol–water partition coefficient (Wildman–Crippen LogP) is 3.68. The van der Waals surface area contributed by atoms with Crippen LogP contribution < -0.4 is 5.32 Å². The number of hydrogen-bond acceptors (Lipinski definition) is 5. The summed E-state index contributed by atoms with van der Waals surface area (Å²) >= 11 is 0. The molecule has 2 amide bonds. The first kappa shape index (κ1) is 18.9. The molecule has 2 heterocycles. The Bertz CT molecular complexity index is 1010. The Kier molecular flexibility index (Phi) is 4.81. The number of amides is 2. The molecular weight excluding hydrogens is 382 g/mol. The van der Waals surface area contributed by atoms with E-state index < -0.39 is 11.7 Å². The zero-order valence-electron chi connectivity index (χ0n) is 16.8. The second-order valence-corrected chi connectivity index (χ2v) is 8.50. The van der Waals surface area contributed by atoms with Crippen molar-refractivity contribution < 1.29 is 19.2 Å². The van der Waals surface area contributed by atoms with Gasteiger partial charge in [-0.15, -0.1) is 0 Å². The van der Waals surface area contributed by atoms with Crippen molar-refractivity contribution in [3.05, 3.63) is 48.0 Å². The molecule has 0 bridgehead atoms. The fraction of sp³-hybridized carbons (Fsp3) is 0.435. The van der Waals surface area contributed by atoms with Crippen molar-refractivity contribution >= 4 is 28.7 Å². The quantitative estimate of drug-likeness (QED) is 0.842. The number of nitrogens with zero attached hydrogens (tertiary/aromatic N) is 2. The third kappa shape index (κ3) is 3.97. The second-order valence-electron chi connectivity index (χ2n) is 8.50. The standard InChI is InChI=1S/C23H25N3O4/c27-21(19-8-7-17-3-1-2-4-18(17)13-19)26-11-9-23(10-12-26)14-20(25-30-23)29-22(28)24-15-16-5-6-16/h1-4,7-8,13,16H,5-6,9-12,14-15H2,(H,24,28). The van der Waals surface area contributed by atoms with Crippen LogP contribution in [0.1, 0.15) is 42.5 Å². The maximum atomic E-state index is 13.0. The molecule has 2 fully saturated rings. The van der Waals surface area contributed by atoms with Crippen LogP contribution in [0, 0.1) is 5.92 Å². The van der Waals surface area contributed by atoms with Crippen molar-refractivity contribution in [3.8, 4) is 0 Å². The summed E-state index contributed by atoms with van der Waals surface area (Å²) in [6.45, 7) is 1.83. The van der Waals surface area contributed by atoms with E-state index in [9.17, 15) is 9.59 Å². The molecule has 1 N–H and O–H groups in total. The van der Waals surface area contributed by atoms with Crippen LogP contribution in [0.3, 0.4) is 0 Å². The SMILES string of the molecule is O=C(NCC1CC1)OC1=NOC2(CCN(C(=O)c3ccc4ccccc4c3)CC2)C1. The van der Waals surface area contributed by atoms with Gasteiger partial charge in [-0.2, -0.15) is 0 Å². The summed E-state index contributed by atoms with van der Waals surface area (Å²) in [4.78, 5) is 32.4. The number of piperidine rings is 1. The first-order valence-corrected chi connectivity index (χ1v) is 10.6. The Balaban J connectivity index is 1.15. The molecule has 7 nitrogen and oxygen atoms in total. The van der Waals surface area contributed by atoms with Crippen molar-refractivity contribution in [2.75, 3.05) is 19.6 Å². The maximum absolute atomic E-state index is 13.0. The number of carbonyl (C=O) groups excluding carboxylic acids is 2. The Morgan fingerprint density at radius 2 is 1.90 bits per heavy atom. The number of likely N-dealkylation sites (tertiary alicyclic amines) is 1. The molecular formula is C23H25N3O4. The van der Waals surface area contributed by atoms with Crippen LogP contribution in [-0.2, 0) is 9.57 Å². The predicted molar refractivity (Wildman–Crippen MR) is 112 cm³/mol. The van der Waals surface area contributed by atoms with Crippen molar-refractivity contribution in [3.63, 3.8) is 0 Å². The Morgan fingerprint density at radius 1 is 1.13 bits per heavy atom. The van der Waals surface area contributed by atoms with Crippen LogP contribution in [0.15, 0.2) is 47.6 Å². The lowest BCUT2D eigenvalue weighted by Crippen LogP contribution is -2.47. The molecule has 0 atom stereocenters. The highest BCUT2D eigenvalue weighted by atomic mass is 16.7. The first-order valence-electron chi connectivity index (χ1n) is 10.6. The molecule has 0 radical (unpaired) electrons. The van der Waals surface area contributed by atoms with Gasteiger partial charge >= 0.3 is 6.09 Å². The molecule has 1 aliphatic carbocycles. The number of fused-ring (bicyclic) bond motifs is 1. The third-order valence-corrected chi connectivity index (χ3v) is 6.22. The van der Waals surface area contributed by atoms with Crippen LogP contribution in [-0.4, -0.2) is 48.0 Å². The smallest absolute Gasteiger partial charge is 0.392 e. The number of hydrogen-bond donors (Lipinski definition) is 1. The van der Waals surface area contributed by atoms with Crippen LogP contribution in [0.4, 0.5) is 4.79 Å². The largest absolute Gasteiger partial charge is 0.413 e. The number of ether oxygens (including phenoxy) is 1. The summed E-state index contributed by atoms with van der Waals surface area (Å²) in [6, 6.07) is 13.8. The molecule has 0 aromatic heterocycles. The van der Waals surface area contributed by atoms with Crippen molar-refractivity contribution in [1.82, 2.24) is 10.2 Å². The molecule has 1 spiro atoms. The van der Waals surface area contributed by atoms with Gasteiger partial charge in [-0.05, 0) is 41.7 Å². The lowest BCUT2D eigenvalue weighted by molar-refractivity contribution is -0.0568. The van der Waals surface area contributed by atoms with Gasteiger partial charge in [0.05, 0.1) is 6.42 Å². The molecule has 30 heavy (non-hydrogen) atoms. The normalized spacial score (nSPS) is 20.0. The molecule has 2 aliphatic heterocycles. The number of oxime groups is 1. The van der Waals surface area contributed by atoms with E-state index in [0.717, 1.165) is 10.8 Å². The van der Waals surface area contributed by atoms with Gasteiger partial charge in [0.2, 0.25) is 5.90 Å². The van der Waals surface area contributed by atoms with Gasteiger partial charge in [-0.1, -0.05) is 35.5 Å². The molecule has 2 aromatic carbocycles. The van der Waals surface area contributed by atoms with E-state index in [1.165, 1.54) is 12.8 Å². The summed E-state index contributed by atoms with van der Waals surface area (Å²) in [5.41, 5.74) is 0.219. The minimum atomic E-state index is -0.480. The van der Waals surface area contributed by atoms with E-state index in [1.54, 1.807) is 0 Å². The molecule has 2 aromatic rings. The molecule has 0 unspecified atom stereocenters. The van der Waals surface area contributed by atoms with Gasteiger partial charge in [0, 0.05) is 38.0 Å². The molecule has 1 saturated carbocycles. The number of benzene rings is 2. The van der Waals surface area contributed by atoms with E-state index in [1.807, 2.05) is 47.4 Å². The molecule has 156 valence electrons. The minimum absolute atomic E-state index is 0.0328. The highest BCUT2D eigenvalue weighted by Crippen LogP contribution is 2.35. The van der Waals surface area contributed by atoms with Crippen LogP contribution >= 0.6 is 0 Å². The molecule has 1 saturated heterocycles. The van der Waals surface area contributed by atoms with E-state index >= 15 is 0 Å². The number of rotatable bonds is 3. The van der Waals surface area contributed by atoms with Crippen molar-refractivity contribution in [2.24, 2.45) is 11.1 Å². The van der Waals surface area contributed by atoms with Gasteiger partial charge in [0.15, 0.2) is 0 Å². The van der Waals surface area contributed by atoms with Gasteiger partial charge in [0.1, 0.15) is 5.60 Å². The van der Waals surface area contributed by atoms with Crippen molar-refractivity contribution in [1.29, 1.82) is 0 Å². The van der Waals surface area contributed by atoms with Crippen LogP contribution in [0.25, 0.3) is 10.8 Å². The number of alkyl carbamates (subject to hydrolysis) is 1. The third-order valence-electron chi connectivity index (χ3n) is 6.22. The first-order chi connectivity index (χ1) is 14.6. The highest BCUT2D eigenvalue weighted by Gasteiger charge is 2.44. The van der Waals surface area contributed by atoms with Crippen LogP contribution in [0.2, 0.25) is 0 Å². The summed E-state index contributed by atoms with van der Waals surface area (Å²) in [5.74, 6) is 0.943. The Labute approximate surface area is 175 Å².